The number of aryl methyl sites for hydroxylation is 1. The van der Waals surface area contributed by atoms with Gasteiger partial charge in [-0.05, 0) is 12.5 Å². The summed E-state index contributed by atoms with van der Waals surface area (Å²) in [6.07, 6.45) is 1.24. The zero-order chi connectivity index (χ0) is 19.0. The predicted octanol–water partition coefficient (Wildman–Crippen LogP) is 2.08. The van der Waals surface area contributed by atoms with Gasteiger partial charge in [-0.1, -0.05) is 25.2 Å². The molecule has 0 saturated carbocycles. The molecule has 0 aliphatic heterocycles. The minimum Gasteiger partial charge on any atom is -0.477 e. The molecule has 0 fully saturated rings. The Labute approximate surface area is 155 Å². The summed E-state index contributed by atoms with van der Waals surface area (Å²) >= 11 is 2.22. The molecule has 2 N–H and O–H groups in total. The molecule has 1 amide bonds. The molecule has 0 saturated heterocycles. The monoisotopic (exact) mass is 393 g/mol. The van der Waals surface area contributed by atoms with Crippen LogP contribution in [0.25, 0.3) is 10.2 Å². The predicted molar refractivity (Wildman–Crippen MR) is 98.2 cm³/mol. The van der Waals surface area contributed by atoms with Crippen LogP contribution in [0, 0.1) is 6.92 Å². The molecule has 3 aromatic heterocycles. The number of nitrogens with one attached hydrogen (secondary N) is 1. The van der Waals surface area contributed by atoms with E-state index in [9.17, 15) is 19.5 Å². The molecular formula is C15H15N5O4S2. The van der Waals surface area contributed by atoms with Gasteiger partial charge < -0.3 is 5.11 Å². The zero-order valence-corrected chi connectivity index (χ0v) is 15.8. The number of thiophene rings is 1. The van der Waals surface area contributed by atoms with Crippen LogP contribution >= 0.6 is 22.7 Å². The van der Waals surface area contributed by atoms with Crippen LogP contribution in [0.4, 0.5) is 5.13 Å². The number of aromatic nitrogens is 4. The van der Waals surface area contributed by atoms with Gasteiger partial charge in [-0.2, -0.15) is 0 Å². The molecule has 0 unspecified atom stereocenters. The smallest absolute Gasteiger partial charge is 0.346 e. The third kappa shape index (κ3) is 3.35. The number of fused-ring (bicyclic) bond motifs is 1. The Morgan fingerprint density at radius 2 is 2.04 bits per heavy atom. The number of carboxylic acids is 1. The highest BCUT2D eigenvalue weighted by Crippen LogP contribution is 2.26. The van der Waals surface area contributed by atoms with Crippen molar-refractivity contribution in [1.29, 1.82) is 0 Å². The van der Waals surface area contributed by atoms with Crippen LogP contribution in [0.1, 0.15) is 40.0 Å². The maximum atomic E-state index is 12.6. The lowest BCUT2D eigenvalue weighted by molar-refractivity contribution is -0.116. The number of amides is 1. The molecule has 0 radical (unpaired) electrons. The van der Waals surface area contributed by atoms with Crippen molar-refractivity contribution in [2.24, 2.45) is 0 Å². The van der Waals surface area contributed by atoms with Crippen molar-refractivity contribution < 1.29 is 14.7 Å². The standard InChI is InChI=1S/C15H15N5O4S2/c1-6(2)11-18-19-15(26-11)17-8(21)4-20-5-16-12-9(13(20)22)7(3)10(25-12)14(23)24/h5-6H,4H2,1-3H3,(H,23,24)(H,17,19,21). The van der Waals surface area contributed by atoms with E-state index in [2.05, 4.69) is 20.5 Å². The zero-order valence-electron chi connectivity index (χ0n) is 14.1. The molecule has 0 bridgehead atoms. The van der Waals surface area contributed by atoms with E-state index in [0.717, 1.165) is 20.9 Å². The summed E-state index contributed by atoms with van der Waals surface area (Å²) in [7, 11) is 0. The lowest BCUT2D eigenvalue weighted by Gasteiger charge is -2.05. The second-order valence-corrected chi connectivity index (χ2v) is 7.88. The van der Waals surface area contributed by atoms with Crippen LogP contribution in [0.2, 0.25) is 0 Å². The van der Waals surface area contributed by atoms with E-state index in [0.29, 0.717) is 15.5 Å². The first-order valence-corrected chi connectivity index (χ1v) is 9.26. The number of carbonyl (C=O) groups is 2. The molecule has 0 spiro atoms. The Kier molecular flexibility index (Phi) is 4.83. The van der Waals surface area contributed by atoms with Crippen LogP contribution in [-0.2, 0) is 11.3 Å². The molecule has 11 heteroatoms. The Morgan fingerprint density at radius 3 is 2.65 bits per heavy atom. The van der Waals surface area contributed by atoms with Gasteiger partial charge in [0.2, 0.25) is 11.0 Å². The van der Waals surface area contributed by atoms with E-state index >= 15 is 0 Å². The van der Waals surface area contributed by atoms with Crippen molar-refractivity contribution in [2.45, 2.75) is 33.2 Å². The quantitative estimate of drug-likeness (QED) is 0.679. The fourth-order valence-corrected chi connectivity index (χ4v) is 4.05. The number of carbonyl (C=O) groups excluding carboxylic acids is 1. The van der Waals surface area contributed by atoms with Gasteiger partial charge in [-0.15, -0.1) is 21.5 Å². The minimum absolute atomic E-state index is 0.0712. The van der Waals surface area contributed by atoms with E-state index in [4.69, 9.17) is 0 Å². The van der Waals surface area contributed by atoms with E-state index in [1.807, 2.05) is 13.8 Å². The molecule has 3 aromatic rings. The lowest BCUT2D eigenvalue weighted by atomic mass is 10.2. The summed E-state index contributed by atoms with van der Waals surface area (Å²) < 4.78 is 1.15. The second-order valence-electron chi connectivity index (χ2n) is 5.87. The first kappa shape index (κ1) is 18.1. The Hall–Kier alpha value is -2.66. The van der Waals surface area contributed by atoms with Gasteiger partial charge in [0.15, 0.2) is 0 Å². The van der Waals surface area contributed by atoms with Crippen molar-refractivity contribution in [1.82, 2.24) is 19.7 Å². The maximum absolute atomic E-state index is 12.6. The summed E-state index contributed by atoms with van der Waals surface area (Å²) in [4.78, 5) is 40.5. The van der Waals surface area contributed by atoms with Crippen molar-refractivity contribution in [3.63, 3.8) is 0 Å². The van der Waals surface area contributed by atoms with Gasteiger partial charge in [0.25, 0.3) is 5.56 Å². The molecule has 9 nitrogen and oxygen atoms in total. The maximum Gasteiger partial charge on any atom is 0.346 e. The van der Waals surface area contributed by atoms with Crippen LogP contribution in [0.3, 0.4) is 0 Å². The second kappa shape index (κ2) is 6.92. The average Bonchev–Trinajstić information content (AvgIpc) is 3.15. The first-order valence-electron chi connectivity index (χ1n) is 7.63. The van der Waals surface area contributed by atoms with Crippen LogP contribution in [0.5, 0.6) is 0 Å². The molecule has 136 valence electrons. The fraction of sp³-hybridized carbons (Fsp3) is 0.333. The van der Waals surface area contributed by atoms with Gasteiger partial charge in [0, 0.05) is 5.92 Å². The molecule has 3 rings (SSSR count). The van der Waals surface area contributed by atoms with Crippen molar-refractivity contribution >= 4 is 49.9 Å². The summed E-state index contributed by atoms with van der Waals surface area (Å²) in [5.41, 5.74) is -0.0954. The summed E-state index contributed by atoms with van der Waals surface area (Å²) in [6.45, 7) is 5.25. The highest BCUT2D eigenvalue weighted by Gasteiger charge is 2.19. The molecular weight excluding hydrogens is 378 g/mol. The molecule has 3 heterocycles. The van der Waals surface area contributed by atoms with Gasteiger partial charge in [-0.25, -0.2) is 9.78 Å². The average molecular weight is 393 g/mol. The highest BCUT2D eigenvalue weighted by atomic mass is 32.1. The van der Waals surface area contributed by atoms with Crippen molar-refractivity contribution in [2.75, 3.05) is 5.32 Å². The third-order valence-corrected chi connectivity index (χ3v) is 5.93. The Bertz CT molecular complexity index is 1070. The molecule has 26 heavy (non-hydrogen) atoms. The van der Waals surface area contributed by atoms with Gasteiger partial charge in [0.1, 0.15) is 21.3 Å². The molecule has 0 aliphatic carbocycles. The van der Waals surface area contributed by atoms with E-state index in [1.54, 1.807) is 6.92 Å². The number of hydrogen-bond donors (Lipinski definition) is 2. The summed E-state index contributed by atoms with van der Waals surface area (Å²) in [5.74, 6) is -1.34. The number of aromatic carboxylic acids is 1. The SMILES string of the molecule is Cc1c(C(=O)O)sc2ncn(CC(=O)Nc3nnc(C(C)C)s3)c(=O)c12. The van der Waals surface area contributed by atoms with Gasteiger partial charge >= 0.3 is 5.97 Å². The van der Waals surface area contributed by atoms with Crippen LogP contribution in [0.15, 0.2) is 11.1 Å². The Morgan fingerprint density at radius 1 is 1.31 bits per heavy atom. The fourth-order valence-electron chi connectivity index (χ4n) is 2.31. The van der Waals surface area contributed by atoms with Crippen molar-refractivity contribution in [3.05, 3.63) is 32.1 Å². The molecule has 0 aromatic carbocycles. The number of anilines is 1. The molecule has 0 atom stereocenters. The Balaban J connectivity index is 1.85. The van der Waals surface area contributed by atoms with Crippen molar-refractivity contribution in [3.8, 4) is 0 Å². The summed E-state index contributed by atoms with van der Waals surface area (Å²) in [5, 5.41) is 21.0. The normalized spacial score (nSPS) is 11.2. The number of carboxylic acid groups (broad SMARTS) is 1. The number of rotatable bonds is 5. The first-order chi connectivity index (χ1) is 12.3. The van der Waals surface area contributed by atoms with Gasteiger partial charge in [0.05, 0.1) is 11.7 Å². The third-order valence-electron chi connectivity index (χ3n) is 3.61. The van der Waals surface area contributed by atoms with E-state index < -0.39 is 17.4 Å². The van der Waals surface area contributed by atoms with Crippen LogP contribution in [-0.4, -0.2) is 36.7 Å². The molecule has 0 aliphatic rings. The lowest BCUT2D eigenvalue weighted by Crippen LogP contribution is -2.27. The van der Waals surface area contributed by atoms with Crippen LogP contribution < -0.4 is 10.9 Å². The van der Waals surface area contributed by atoms with Gasteiger partial charge in [-0.3, -0.25) is 19.5 Å². The topological polar surface area (TPSA) is 127 Å². The van der Waals surface area contributed by atoms with E-state index in [-0.39, 0.29) is 22.7 Å². The van der Waals surface area contributed by atoms with E-state index in [1.165, 1.54) is 17.7 Å². The largest absolute Gasteiger partial charge is 0.477 e. The summed E-state index contributed by atoms with van der Waals surface area (Å²) in [6, 6.07) is 0. The minimum atomic E-state index is -1.11. The number of hydrogen-bond acceptors (Lipinski definition) is 8. The number of nitrogens with zero attached hydrogens (tertiary/aromatic N) is 4. The highest BCUT2D eigenvalue weighted by molar-refractivity contribution is 7.20.